The van der Waals surface area contributed by atoms with Gasteiger partial charge in [-0.15, -0.1) is 0 Å². The highest BCUT2D eigenvalue weighted by Gasteiger charge is 2.62. The van der Waals surface area contributed by atoms with E-state index < -0.39 is 44.2 Å². The smallest absolute Gasteiger partial charge is 0.192 e. The van der Waals surface area contributed by atoms with Gasteiger partial charge in [0.2, 0.25) is 0 Å². The molecule has 2 rings (SSSR count). The van der Waals surface area contributed by atoms with E-state index in [2.05, 4.69) is 43.9 Å². The summed E-state index contributed by atoms with van der Waals surface area (Å²) in [6.07, 6.45) is -0.935. The summed E-state index contributed by atoms with van der Waals surface area (Å²) in [5.41, 5.74) is 8.26. The first-order valence-electron chi connectivity index (χ1n) is 9.57. The summed E-state index contributed by atoms with van der Waals surface area (Å²) in [5.74, 6) is -0.804. The first kappa shape index (κ1) is 22.6. The van der Waals surface area contributed by atoms with Crippen molar-refractivity contribution in [1.29, 1.82) is 0 Å². The molecule has 0 spiro atoms. The Morgan fingerprint density at radius 2 is 1.81 bits per heavy atom. The molecule has 0 N–H and O–H groups in total. The fraction of sp³-hybridized carbons (Fsp3) is 1.00. The lowest BCUT2D eigenvalue weighted by Crippen LogP contribution is -2.65. The molecule has 0 amide bonds. The van der Waals surface area contributed by atoms with E-state index in [-0.39, 0.29) is 5.04 Å². The van der Waals surface area contributed by atoms with Gasteiger partial charge in [0.05, 0.1) is 6.61 Å². The van der Waals surface area contributed by atoms with Crippen LogP contribution in [0, 0.1) is 0 Å². The third kappa shape index (κ3) is 4.34. The van der Waals surface area contributed by atoms with Crippen LogP contribution in [0.2, 0.25) is 18.1 Å². The summed E-state index contributed by atoms with van der Waals surface area (Å²) in [4.78, 5) is 2.96. The van der Waals surface area contributed by atoms with E-state index in [1.165, 1.54) is 0 Å². The van der Waals surface area contributed by atoms with Crippen LogP contribution in [-0.2, 0) is 23.4 Å². The van der Waals surface area contributed by atoms with Gasteiger partial charge < -0.3 is 23.4 Å². The molecule has 27 heavy (non-hydrogen) atoms. The number of azide groups is 1. The van der Waals surface area contributed by atoms with Crippen LogP contribution < -0.4 is 0 Å². The molecular weight excluding hydrogens is 366 g/mol. The molecule has 2 heterocycles. The second kappa shape index (κ2) is 7.63. The third-order valence-corrected chi connectivity index (χ3v) is 10.6. The number of rotatable bonds is 6. The molecule has 2 aliphatic rings. The van der Waals surface area contributed by atoms with Gasteiger partial charge in [0.15, 0.2) is 20.4 Å². The van der Waals surface area contributed by atoms with Crippen LogP contribution in [0.25, 0.3) is 10.4 Å². The maximum Gasteiger partial charge on any atom is 0.192 e. The van der Waals surface area contributed by atoms with Crippen molar-refractivity contribution >= 4 is 8.32 Å². The first-order chi connectivity index (χ1) is 12.3. The van der Waals surface area contributed by atoms with Gasteiger partial charge >= 0.3 is 0 Å². The number of methoxy groups -OCH3 is 1. The molecule has 1 unspecified atom stereocenters. The Labute approximate surface area is 163 Å². The summed E-state index contributed by atoms with van der Waals surface area (Å²) < 4.78 is 30.7. The van der Waals surface area contributed by atoms with Crippen molar-refractivity contribution < 1.29 is 23.4 Å². The van der Waals surface area contributed by atoms with Gasteiger partial charge in [0, 0.05) is 12.0 Å². The largest absolute Gasteiger partial charge is 0.414 e. The maximum absolute atomic E-state index is 9.00. The molecule has 0 saturated carbocycles. The fourth-order valence-electron chi connectivity index (χ4n) is 3.36. The predicted octanol–water partition coefficient (Wildman–Crippen LogP) is 4.36. The zero-order valence-corrected chi connectivity index (χ0v) is 19.1. The summed E-state index contributed by atoms with van der Waals surface area (Å²) in [6, 6.07) is -0.626. The van der Waals surface area contributed by atoms with Crippen LogP contribution in [0.15, 0.2) is 5.11 Å². The summed E-state index contributed by atoms with van der Waals surface area (Å²) >= 11 is 0. The molecule has 0 radical (unpaired) electrons. The number of ether oxygens (including phenoxy) is 4. The Hall–Kier alpha value is -0.673. The highest BCUT2D eigenvalue weighted by Crippen LogP contribution is 2.46. The zero-order chi connectivity index (χ0) is 20.7. The molecule has 0 aromatic heterocycles. The molecule has 8 nitrogen and oxygen atoms in total. The summed E-state index contributed by atoms with van der Waals surface area (Å²) in [7, 11) is -0.453. The predicted molar refractivity (Wildman–Crippen MR) is 105 cm³/mol. The minimum absolute atomic E-state index is 0.0800. The van der Waals surface area contributed by atoms with Crippen LogP contribution in [0.1, 0.15) is 48.0 Å². The lowest BCUT2D eigenvalue weighted by Gasteiger charge is -2.49. The first-order valence-corrected chi connectivity index (χ1v) is 12.5. The van der Waals surface area contributed by atoms with Gasteiger partial charge in [0.25, 0.3) is 0 Å². The molecule has 2 fully saturated rings. The minimum atomic E-state index is -2.00. The average Bonchev–Trinajstić information content (AvgIpc) is 2.89. The van der Waals surface area contributed by atoms with E-state index in [0.717, 1.165) is 0 Å². The molecule has 156 valence electrons. The highest BCUT2D eigenvalue weighted by molar-refractivity contribution is 6.74. The normalized spacial score (nSPS) is 36.2. The van der Waals surface area contributed by atoms with Crippen molar-refractivity contribution in [2.45, 2.75) is 102 Å². The van der Waals surface area contributed by atoms with Crippen molar-refractivity contribution in [2.24, 2.45) is 5.11 Å². The molecule has 0 aromatic carbocycles. The highest BCUT2D eigenvalue weighted by atomic mass is 28.4. The minimum Gasteiger partial charge on any atom is -0.414 e. The lowest BCUT2D eigenvalue weighted by atomic mass is 9.84. The quantitative estimate of drug-likeness (QED) is 0.285. The van der Waals surface area contributed by atoms with Crippen molar-refractivity contribution in [2.75, 3.05) is 13.7 Å². The van der Waals surface area contributed by atoms with Crippen molar-refractivity contribution in [3.63, 3.8) is 0 Å². The van der Waals surface area contributed by atoms with Crippen LogP contribution in [-0.4, -0.2) is 58.0 Å². The van der Waals surface area contributed by atoms with Gasteiger partial charge in [-0.05, 0) is 43.9 Å². The Morgan fingerprint density at radius 1 is 1.19 bits per heavy atom. The SMILES string of the molecule is CCC1(CO[Si](C)(C)C(C)(C)C)O[C@@H](OC)[C@@H](N=[N+]=[N-])[C@H]2OC(C)(C)O[C@H]21. The Bertz CT molecular complexity index is 588. The second-order valence-electron chi connectivity index (χ2n) is 9.41. The number of fused-ring (bicyclic) bond motifs is 1. The standard InChI is InChI=1S/C18H35N3O5Si/c1-10-18(11-23-27(8,9)16(2,3)4)14-13(24-17(5,6)25-14)12(20-21-19)15(22-7)26-18/h12-15H,10-11H2,1-9H3/t12-,13+,14+,15+,18?/m0/s1. The van der Waals surface area contributed by atoms with Crippen LogP contribution >= 0.6 is 0 Å². The van der Waals surface area contributed by atoms with Crippen molar-refractivity contribution in [3.05, 3.63) is 10.4 Å². The van der Waals surface area contributed by atoms with Crippen molar-refractivity contribution in [3.8, 4) is 0 Å². The molecule has 0 aromatic rings. The zero-order valence-electron chi connectivity index (χ0n) is 18.1. The molecule has 2 aliphatic heterocycles. The van der Waals surface area contributed by atoms with Gasteiger partial charge in [-0.2, -0.15) is 0 Å². The number of nitrogens with zero attached hydrogens (tertiary/aromatic N) is 3. The molecule has 5 atom stereocenters. The van der Waals surface area contributed by atoms with Gasteiger partial charge in [-0.25, -0.2) is 0 Å². The Morgan fingerprint density at radius 3 is 2.30 bits per heavy atom. The van der Waals surface area contributed by atoms with E-state index in [1.54, 1.807) is 7.11 Å². The van der Waals surface area contributed by atoms with E-state index in [1.807, 2.05) is 20.8 Å². The van der Waals surface area contributed by atoms with Gasteiger partial charge in [-0.3, -0.25) is 0 Å². The molecule has 9 heteroatoms. The molecule has 0 aliphatic carbocycles. The maximum atomic E-state index is 9.00. The number of hydrogen-bond acceptors (Lipinski definition) is 6. The molecular formula is C18H35N3O5Si. The van der Waals surface area contributed by atoms with Crippen LogP contribution in [0.3, 0.4) is 0 Å². The van der Waals surface area contributed by atoms with Crippen LogP contribution in [0.5, 0.6) is 0 Å². The number of hydrogen-bond donors (Lipinski definition) is 0. The van der Waals surface area contributed by atoms with Gasteiger partial charge in [-0.1, -0.05) is 32.8 Å². The van der Waals surface area contributed by atoms with Crippen molar-refractivity contribution in [1.82, 2.24) is 0 Å². The Kier molecular flexibility index (Phi) is 6.39. The van der Waals surface area contributed by atoms with E-state index in [0.29, 0.717) is 13.0 Å². The van der Waals surface area contributed by atoms with Gasteiger partial charge in [0.1, 0.15) is 23.9 Å². The molecule has 2 saturated heterocycles. The fourth-order valence-corrected chi connectivity index (χ4v) is 4.40. The summed E-state index contributed by atoms with van der Waals surface area (Å²) in [6.45, 7) is 17.2. The van der Waals surface area contributed by atoms with E-state index in [4.69, 9.17) is 28.9 Å². The second-order valence-corrected chi connectivity index (χ2v) is 14.2. The summed E-state index contributed by atoms with van der Waals surface area (Å²) in [5, 5.41) is 3.97. The Balaban J connectivity index is 2.38. The average molecular weight is 402 g/mol. The topological polar surface area (TPSA) is 94.9 Å². The van der Waals surface area contributed by atoms with E-state index in [9.17, 15) is 0 Å². The van der Waals surface area contributed by atoms with Crippen LogP contribution in [0.4, 0.5) is 0 Å². The monoisotopic (exact) mass is 401 g/mol. The molecule has 0 bridgehead atoms. The van der Waals surface area contributed by atoms with E-state index >= 15 is 0 Å². The lowest BCUT2D eigenvalue weighted by molar-refractivity contribution is -0.285. The third-order valence-electron chi connectivity index (χ3n) is 6.11.